The molecule has 0 aliphatic carbocycles. The minimum Gasteiger partial charge on any atom is -0.502 e. The second-order valence-electron chi connectivity index (χ2n) is 3.89. The van der Waals surface area contributed by atoms with E-state index in [1.54, 1.807) is 6.20 Å². The lowest BCUT2D eigenvalue weighted by atomic mass is 10.1. The van der Waals surface area contributed by atoms with Crippen LogP contribution in [0.1, 0.15) is 16.8 Å². The lowest BCUT2D eigenvalue weighted by Gasteiger charge is -2.04. The number of nitrogens with one attached hydrogen (secondary N) is 2. The Labute approximate surface area is 106 Å². The van der Waals surface area contributed by atoms with Crippen molar-refractivity contribution in [2.75, 3.05) is 13.2 Å². The van der Waals surface area contributed by atoms with E-state index in [0.29, 0.717) is 18.7 Å². The van der Waals surface area contributed by atoms with E-state index in [1.165, 1.54) is 6.26 Å². The third-order valence-corrected chi connectivity index (χ3v) is 2.68. The number of para-hydroxylation sites is 1. The van der Waals surface area contributed by atoms with Gasteiger partial charge in [0.2, 0.25) is 0 Å². The molecule has 0 saturated heterocycles. The van der Waals surface area contributed by atoms with Crippen LogP contribution in [0.4, 0.5) is 0 Å². The molecule has 0 bridgehead atoms. The molecule has 0 aliphatic heterocycles. The predicted octanol–water partition coefficient (Wildman–Crippen LogP) is 2.45. The van der Waals surface area contributed by atoms with Crippen LogP contribution in [0.2, 0.25) is 0 Å². The van der Waals surface area contributed by atoms with Gasteiger partial charge in [0.25, 0.3) is 5.91 Å². The predicted molar refractivity (Wildman–Crippen MR) is 71.4 cm³/mol. The van der Waals surface area contributed by atoms with Crippen LogP contribution in [-0.4, -0.2) is 24.0 Å². The fourth-order valence-electron chi connectivity index (χ4n) is 1.80. The lowest BCUT2D eigenvalue weighted by Crippen LogP contribution is -2.24. The van der Waals surface area contributed by atoms with Crippen molar-refractivity contribution >= 4 is 16.8 Å². The highest BCUT2D eigenvalue weighted by atomic mass is 16.5. The summed E-state index contributed by atoms with van der Waals surface area (Å²) >= 11 is 0. The maximum atomic E-state index is 12.0. The van der Waals surface area contributed by atoms with Crippen molar-refractivity contribution in [1.82, 2.24) is 10.3 Å². The first-order chi connectivity index (χ1) is 8.83. The normalized spacial score (nSPS) is 10.2. The fourth-order valence-corrected chi connectivity index (χ4v) is 1.80. The van der Waals surface area contributed by atoms with Crippen LogP contribution in [0.25, 0.3) is 10.9 Å². The average Bonchev–Trinajstić information content (AvgIpc) is 2.82. The van der Waals surface area contributed by atoms with Crippen molar-refractivity contribution in [2.45, 2.75) is 6.42 Å². The maximum absolute atomic E-state index is 12.0. The number of rotatable bonds is 6. The second kappa shape index (κ2) is 5.91. The summed E-state index contributed by atoms with van der Waals surface area (Å²) in [5.41, 5.74) is 1.65. The molecule has 1 heterocycles. The molecule has 0 aliphatic rings. The Kier molecular flexibility index (Phi) is 4.02. The van der Waals surface area contributed by atoms with Gasteiger partial charge >= 0.3 is 0 Å². The highest BCUT2D eigenvalue weighted by Crippen LogP contribution is 2.17. The molecule has 0 fully saturated rings. The Bertz CT molecular complexity index is 545. The number of carbonyl (C=O) groups is 1. The third-order valence-electron chi connectivity index (χ3n) is 2.68. The quantitative estimate of drug-likeness (QED) is 0.605. The molecule has 2 rings (SSSR count). The van der Waals surface area contributed by atoms with E-state index in [0.717, 1.165) is 17.3 Å². The first-order valence-electron chi connectivity index (χ1n) is 5.90. The molecule has 0 saturated carbocycles. The molecule has 1 aromatic heterocycles. The zero-order valence-corrected chi connectivity index (χ0v) is 10.1. The smallest absolute Gasteiger partial charge is 0.253 e. The Morgan fingerprint density at radius 3 is 3.11 bits per heavy atom. The average molecular weight is 244 g/mol. The van der Waals surface area contributed by atoms with Crippen LogP contribution in [-0.2, 0) is 4.74 Å². The number of hydrogen-bond acceptors (Lipinski definition) is 2. The van der Waals surface area contributed by atoms with E-state index in [1.807, 2.05) is 24.3 Å². The summed E-state index contributed by atoms with van der Waals surface area (Å²) in [6, 6.07) is 7.74. The monoisotopic (exact) mass is 244 g/mol. The molecule has 2 N–H and O–H groups in total. The summed E-state index contributed by atoms with van der Waals surface area (Å²) in [4.78, 5) is 15.0. The number of aromatic nitrogens is 1. The van der Waals surface area contributed by atoms with Crippen molar-refractivity contribution in [2.24, 2.45) is 0 Å². The van der Waals surface area contributed by atoms with Crippen LogP contribution in [0.5, 0.6) is 0 Å². The van der Waals surface area contributed by atoms with Crippen LogP contribution < -0.4 is 5.32 Å². The highest BCUT2D eigenvalue weighted by molar-refractivity contribution is 6.06. The summed E-state index contributed by atoms with van der Waals surface area (Å²) in [7, 11) is 0. The Hall–Kier alpha value is -2.23. The fraction of sp³-hybridized carbons (Fsp3) is 0.214. The zero-order valence-electron chi connectivity index (χ0n) is 10.1. The van der Waals surface area contributed by atoms with E-state index >= 15 is 0 Å². The summed E-state index contributed by atoms with van der Waals surface area (Å²) < 4.78 is 4.98. The van der Waals surface area contributed by atoms with Gasteiger partial charge in [0, 0.05) is 23.6 Å². The van der Waals surface area contributed by atoms with Gasteiger partial charge < -0.3 is 15.0 Å². The second-order valence-corrected chi connectivity index (χ2v) is 3.89. The third kappa shape index (κ3) is 2.71. The Morgan fingerprint density at radius 2 is 2.28 bits per heavy atom. The molecule has 4 nitrogen and oxygen atoms in total. The van der Waals surface area contributed by atoms with Crippen molar-refractivity contribution in [1.29, 1.82) is 0 Å². The molecule has 0 atom stereocenters. The number of hydrogen-bond donors (Lipinski definition) is 2. The van der Waals surface area contributed by atoms with Gasteiger partial charge in [-0.2, -0.15) is 0 Å². The van der Waals surface area contributed by atoms with Crippen LogP contribution in [0.3, 0.4) is 0 Å². The first kappa shape index (κ1) is 12.2. The minimum atomic E-state index is -0.0638. The van der Waals surface area contributed by atoms with Crippen LogP contribution >= 0.6 is 0 Å². The molecule has 1 amide bonds. The molecular weight excluding hydrogens is 228 g/mol. The van der Waals surface area contributed by atoms with Gasteiger partial charge in [0.1, 0.15) is 0 Å². The zero-order chi connectivity index (χ0) is 12.8. The van der Waals surface area contributed by atoms with Crippen molar-refractivity contribution in [3.05, 3.63) is 48.9 Å². The number of H-pyrrole nitrogens is 1. The number of fused-ring (bicyclic) bond motifs is 1. The largest absolute Gasteiger partial charge is 0.502 e. The Balaban J connectivity index is 1.94. The van der Waals surface area contributed by atoms with Gasteiger partial charge in [0.05, 0.1) is 18.4 Å². The summed E-state index contributed by atoms with van der Waals surface area (Å²) in [5, 5.41) is 3.80. The first-order valence-corrected chi connectivity index (χ1v) is 5.90. The topological polar surface area (TPSA) is 54.1 Å². The van der Waals surface area contributed by atoms with Gasteiger partial charge in [-0.15, -0.1) is 0 Å². The summed E-state index contributed by atoms with van der Waals surface area (Å²) in [6.45, 7) is 4.61. The molecule has 18 heavy (non-hydrogen) atoms. The highest BCUT2D eigenvalue weighted by Gasteiger charge is 2.10. The molecule has 94 valence electrons. The molecular formula is C14H16N2O2. The van der Waals surface area contributed by atoms with E-state index in [4.69, 9.17) is 4.74 Å². The van der Waals surface area contributed by atoms with E-state index < -0.39 is 0 Å². The minimum absolute atomic E-state index is 0.0638. The standard InChI is InChI=1S/C14H16N2O2/c1-2-18-9-5-8-15-14(17)12-10-16-13-7-4-3-6-11(12)13/h2-4,6-7,10,16H,1,5,8-9H2,(H,15,17). The summed E-state index contributed by atoms with van der Waals surface area (Å²) in [5.74, 6) is -0.0638. The number of aromatic amines is 1. The number of benzene rings is 1. The van der Waals surface area contributed by atoms with Gasteiger partial charge in [-0.05, 0) is 12.5 Å². The SMILES string of the molecule is C=COCCCNC(=O)c1c[nH]c2ccccc12. The van der Waals surface area contributed by atoms with Gasteiger partial charge in [-0.1, -0.05) is 24.8 Å². The Morgan fingerprint density at radius 1 is 1.44 bits per heavy atom. The van der Waals surface area contributed by atoms with Crippen molar-refractivity contribution < 1.29 is 9.53 Å². The van der Waals surface area contributed by atoms with Gasteiger partial charge in [0.15, 0.2) is 0 Å². The molecule has 2 aromatic rings. The summed E-state index contributed by atoms with van der Waals surface area (Å²) in [6.07, 6.45) is 3.90. The van der Waals surface area contributed by atoms with Crippen LogP contribution in [0, 0.1) is 0 Å². The molecule has 1 aromatic carbocycles. The lowest BCUT2D eigenvalue weighted by molar-refractivity contribution is 0.0952. The van der Waals surface area contributed by atoms with E-state index in [-0.39, 0.29) is 5.91 Å². The molecule has 0 unspecified atom stereocenters. The molecule has 4 heteroatoms. The van der Waals surface area contributed by atoms with Crippen molar-refractivity contribution in [3.63, 3.8) is 0 Å². The van der Waals surface area contributed by atoms with Gasteiger partial charge in [-0.25, -0.2) is 0 Å². The molecule has 0 radical (unpaired) electrons. The van der Waals surface area contributed by atoms with Crippen molar-refractivity contribution in [3.8, 4) is 0 Å². The number of carbonyl (C=O) groups excluding carboxylic acids is 1. The maximum Gasteiger partial charge on any atom is 0.253 e. The molecule has 0 spiro atoms. The van der Waals surface area contributed by atoms with E-state index in [2.05, 4.69) is 16.9 Å². The van der Waals surface area contributed by atoms with Crippen LogP contribution in [0.15, 0.2) is 43.3 Å². The number of ether oxygens (including phenoxy) is 1. The van der Waals surface area contributed by atoms with E-state index in [9.17, 15) is 4.79 Å². The van der Waals surface area contributed by atoms with Gasteiger partial charge in [-0.3, -0.25) is 4.79 Å². The number of amides is 1.